The summed E-state index contributed by atoms with van der Waals surface area (Å²) >= 11 is 0. The van der Waals surface area contributed by atoms with Crippen molar-refractivity contribution in [2.24, 2.45) is 0 Å². The molecule has 0 unspecified atom stereocenters. The summed E-state index contributed by atoms with van der Waals surface area (Å²) in [7, 11) is 3.54. The Morgan fingerprint density at radius 3 is 2.93 bits per heavy atom. The minimum absolute atomic E-state index is 0.0690. The first-order valence-electron chi connectivity index (χ1n) is 9.13. The summed E-state index contributed by atoms with van der Waals surface area (Å²) in [5.74, 6) is 0.637. The highest BCUT2D eigenvalue weighted by molar-refractivity contribution is 5.94. The first-order chi connectivity index (χ1) is 13.0. The van der Waals surface area contributed by atoms with Crippen molar-refractivity contribution in [1.29, 1.82) is 0 Å². The summed E-state index contributed by atoms with van der Waals surface area (Å²) in [4.78, 5) is 28.9. The van der Waals surface area contributed by atoms with Crippen LogP contribution in [0, 0.1) is 6.92 Å². The van der Waals surface area contributed by atoms with Gasteiger partial charge in [0.2, 0.25) is 0 Å². The fourth-order valence-electron chi connectivity index (χ4n) is 3.33. The molecule has 8 nitrogen and oxygen atoms in total. The van der Waals surface area contributed by atoms with Crippen molar-refractivity contribution in [3.8, 4) is 0 Å². The standard InChI is InChI=1S/C19H26N4O4/c1-14-9-15(13-27-14)19(25)22-6-4-5-16(12-22)23-18(24)10-17(11-20-23)21(2)7-8-26-3/h9-11,13,16H,4-8,12H2,1-3H3/t16-/m0/s1. The van der Waals surface area contributed by atoms with E-state index in [1.54, 1.807) is 30.3 Å². The second kappa shape index (κ2) is 8.39. The molecular weight excluding hydrogens is 348 g/mol. The van der Waals surface area contributed by atoms with E-state index in [4.69, 9.17) is 9.15 Å². The maximum absolute atomic E-state index is 12.7. The topological polar surface area (TPSA) is 80.8 Å². The number of likely N-dealkylation sites (N-methyl/N-ethyl adjacent to an activating group) is 1. The molecule has 27 heavy (non-hydrogen) atoms. The second-order valence-corrected chi connectivity index (χ2v) is 6.90. The molecule has 3 heterocycles. The molecule has 1 fully saturated rings. The molecule has 2 aromatic heterocycles. The first kappa shape index (κ1) is 19.2. The average Bonchev–Trinajstić information content (AvgIpc) is 3.11. The molecule has 0 radical (unpaired) electrons. The summed E-state index contributed by atoms with van der Waals surface area (Å²) in [5, 5.41) is 4.37. The number of furan rings is 1. The number of rotatable bonds is 6. The number of carbonyl (C=O) groups is 1. The number of hydrogen-bond donors (Lipinski definition) is 0. The van der Waals surface area contributed by atoms with E-state index in [0.29, 0.717) is 37.6 Å². The van der Waals surface area contributed by atoms with Crippen LogP contribution in [-0.2, 0) is 4.74 Å². The smallest absolute Gasteiger partial charge is 0.269 e. The predicted octanol–water partition coefficient (Wildman–Crippen LogP) is 1.70. The van der Waals surface area contributed by atoms with E-state index in [-0.39, 0.29) is 17.5 Å². The van der Waals surface area contributed by atoms with Crippen LogP contribution in [0.3, 0.4) is 0 Å². The Kier molecular flexibility index (Phi) is 5.95. The average molecular weight is 374 g/mol. The predicted molar refractivity (Wildman–Crippen MR) is 101 cm³/mol. The Balaban J connectivity index is 1.72. The number of nitrogens with zero attached hydrogens (tertiary/aromatic N) is 4. The van der Waals surface area contributed by atoms with Gasteiger partial charge in [0.25, 0.3) is 11.5 Å². The van der Waals surface area contributed by atoms with Crippen LogP contribution in [0.2, 0.25) is 0 Å². The Morgan fingerprint density at radius 1 is 1.44 bits per heavy atom. The van der Waals surface area contributed by atoms with E-state index in [1.807, 2.05) is 18.9 Å². The fraction of sp³-hybridized carbons (Fsp3) is 0.526. The largest absolute Gasteiger partial charge is 0.469 e. The molecule has 0 aliphatic carbocycles. The zero-order chi connectivity index (χ0) is 19.4. The maximum atomic E-state index is 12.7. The number of methoxy groups -OCH3 is 1. The Bertz CT molecular complexity index is 844. The minimum Gasteiger partial charge on any atom is -0.469 e. The molecule has 0 spiro atoms. The minimum atomic E-state index is -0.157. The summed E-state index contributed by atoms with van der Waals surface area (Å²) in [6, 6.07) is 3.20. The highest BCUT2D eigenvalue weighted by atomic mass is 16.5. The third-order valence-corrected chi connectivity index (χ3v) is 4.89. The summed E-state index contributed by atoms with van der Waals surface area (Å²) in [6.45, 7) is 4.20. The maximum Gasteiger partial charge on any atom is 0.269 e. The van der Waals surface area contributed by atoms with Gasteiger partial charge in [-0.25, -0.2) is 4.68 Å². The van der Waals surface area contributed by atoms with Crippen LogP contribution in [0.1, 0.15) is 35.0 Å². The van der Waals surface area contributed by atoms with Crippen molar-refractivity contribution in [3.63, 3.8) is 0 Å². The second-order valence-electron chi connectivity index (χ2n) is 6.90. The van der Waals surface area contributed by atoms with Gasteiger partial charge in [-0.15, -0.1) is 0 Å². The normalized spacial score (nSPS) is 17.1. The van der Waals surface area contributed by atoms with Crippen LogP contribution in [0.15, 0.2) is 33.8 Å². The SMILES string of the molecule is COCCN(C)c1cnn([C@H]2CCCN(C(=O)c3coc(C)c3)C2)c(=O)c1. The van der Waals surface area contributed by atoms with Gasteiger partial charge < -0.3 is 19.0 Å². The Morgan fingerprint density at radius 2 is 2.26 bits per heavy atom. The molecule has 3 rings (SSSR count). The monoisotopic (exact) mass is 374 g/mol. The molecule has 2 aromatic rings. The summed E-state index contributed by atoms with van der Waals surface area (Å²) in [6.07, 6.45) is 4.82. The molecule has 1 atom stereocenters. The van der Waals surface area contributed by atoms with Crippen molar-refractivity contribution < 1.29 is 13.9 Å². The lowest BCUT2D eigenvalue weighted by Gasteiger charge is -2.33. The van der Waals surface area contributed by atoms with Crippen LogP contribution in [0.4, 0.5) is 5.69 Å². The summed E-state index contributed by atoms with van der Waals surface area (Å²) < 4.78 is 11.8. The third kappa shape index (κ3) is 4.39. The van der Waals surface area contributed by atoms with E-state index in [2.05, 4.69) is 5.10 Å². The molecule has 1 aliphatic rings. The lowest BCUT2D eigenvalue weighted by atomic mass is 10.0. The van der Waals surface area contributed by atoms with Gasteiger partial charge in [-0.2, -0.15) is 5.10 Å². The van der Waals surface area contributed by atoms with Gasteiger partial charge in [0.15, 0.2) is 0 Å². The number of likely N-dealkylation sites (tertiary alicyclic amines) is 1. The molecule has 146 valence electrons. The lowest BCUT2D eigenvalue weighted by molar-refractivity contribution is 0.0669. The molecule has 0 N–H and O–H groups in total. The van der Waals surface area contributed by atoms with Crippen molar-refractivity contribution in [1.82, 2.24) is 14.7 Å². The molecular formula is C19H26N4O4. The van der Waals surface area contributed by atoms with Gasteiger partial charge >= 0.3 is 0 Å². The number of amides is 1. The number of carbonyl (C=O) groups excluding carboxylic acids is 1. The third-order valence-electron chi connectivity index (χ3n) is 4.89. The highest BCUT2D eigenvalue weighted by Crippen LogP contribution is 2.22. The Hall–Kier alpha value is -2.61. The van der Waals surface area contributed by atoms with E-state index in [0.717, 1.165) is 18.5 Å². The van der Waals surface area contributed by atoms with E-state index < -0.39 is 0 Å². The first-order valence-corrected chi connectivity index (χ1v) is 9.13. The van der Waals surface area contributed by atoms with Crippen molar-refractivity contribution in [3.05, 3.63) is 46.3 Å². The zero-order valence-electron chi connectivity index (χ0n) is 16.1. The van der Waals surface area contributed by atoms with Crippen LogP contribution in [0.25, 0.3) is 0 Å². The molecule has 1 amide bonds. The van der Waals surface area contributed by atoms with E-state index in [1.165, 1.54) is 10.9 Å². The molecule has 1 saturated heterocycles. The van der Waals surface area contributed by atoms with Gasteiger partial charge in [-0.05, 0) is 25.8 Å². The summed E-state index contributed by atoms with van der Waals surface area (Å²) in [5.41, 5.74) is 1.14. The van der Waals surface area contributed by atoms with Crippen LogP contribution >= 0.6 is 0 Å². The van der Waals surface area contributed by atoms with Crippen LogP contribution in [-0.4, -0.2) is 61.0 Å². The van der Waals surface area contributed by atoms with Gasteiger partial charge in [-0.3, -0.25) is 9.59 Å². The number of aryl methyl sites for hydroxylation is 1. The molecule has 0 aromatic carbocycles. The fourth-order valence-corrected chi connectivity index (χ4v) is 3.33. The number of anilines is 1. The molecule has 8 heteroatoms. The highest BCUT2D eigenvalue weighted by Gasteiger charge is 2.27. The zero-order valence-corrected chi connectivity index (χ0v) is 16.1. The Labute approximate surface area is 158 Å². The van der Waals surface area contributed by atoms with Gasteiger partial charge in [0.05, 0.1) is 30.1 Å². The van der Waals surface area contributed by atoms with E-state index in [9.17, 15) is 9.59 Å². The lowest BCUT2D eigenvalue weighted by Crippen LogP contribution is -2.43. The van der Waals surface area contributed by atoms with Crippen molar-refractivity contribution in [2.45, 2.75) is 25.8 Å². The number of ether oxygens (including phenoxy) is 1. The van der Waals surface area contributed by atoms with Gasteiger partial charge in [-0.1, -0.05) is 0 Å². The van der Waals surface area contributed by atoms with Crippen molar-refractivity contribution in [2.75, 3.05) is 45.3 Å². The van der Waals surface area contributed by atoms with Gasteiger partial charge in [0, 0.05) is 39.9 Å². The van der Waals surface area contributed by atoms with Crippen LogP contribution in [0.5, 0.6) is 0 Å². The van der Waals surface area contributed by atoms with E-state index >= 15 is 0 Å². The molecule has 0 saturated carbocycles. The molecule has 1 aliphatic heterocycles. The quantitative estimate of drug-likeness (QED) is 0.766. The number of hydrogen-bond acceptors (Lipinski definition) is 6. The van der Waals surface area contributed by atoms with Crippen molar-refractivity contribution >= 4 is 11.6 Å². The number of piperidine rings is 1. The number of aromatic nitrogens is 2. The van der Waals surface area contributed by atoms with Gasteiger partial charge in [0.1, 0.15) is 12.0 Å². The molecule has 0 bridgehead atoms. The van der Waals surface area contributed by atoms with Crippen LogP contribution < -0.4 is 10.5 Å².